The van der Waals surface area contributed by atoms with E-state index >= 15 is 0 Å². The van der Waals surface area contributed by atoms with E-state index in [2.05, 4.69) is 11.6 Å². The number of fused-ring (bicyclic) bond motifs is 1. The third-order valence-corrected chi connectivity index (χ3v) is 2.78. The Balaban J connectivity index is 2.32. The number of amides is 1. The van der Waals surface area contributed by atoms with Gasteiger partial charge in [0.05, 0.1) is 5.52 Å². The summed E-state index contributed by atoms with van der Waals surface area (Å²) in [5.74, 6) is -1.49. The van der Waals surface area contributed by atoms with Crippen molar-refractivity contribution in [1.82, 2.24) is 9.88 Å². The predicted molar refractivity (Wildman–Crippen MR) is 75.5 cm³/mol. The Kier molecular flexibility index (Phi) is 4.10. The lowest BCUT2D eigenvalue weighted by Crippen LogP contribution is -2.36. The van der Waals surface area contributed by atoms with Gasteiger partial charge in [0, 0.05) is 11.9 Å². The molecule has 0 atom stereocenters. The van der Waals surface area contributed by atoms with Gasteiger partial charge in [-0.1, -0.05) is 30.3 Å². The van der Waals surface area contributed by atoms with Crippen molar-refractivity contribution in [2.24, 2.45) is 0 Å². The van der Waals surface area contributed by atoms with Crippen molar-refractivity contribution in [2.75, 3.05) is 13.1 Å². The predicted octanol–water partition coefficient (Wildman–Crippen LogP) is 1.95. The zero-order chi connectivity index (χ0) is 14.5. The maximum atomic E-state index is 12.3. The molecule has 0 unspecified atom stereocenters. The Morgan fingerprint density at radius 1 is 1.25 bits per heavy atom. The van der Waals surface area contributed by atoms with Crippen LogP contribution in [0.2, 0.25) is 0 Å². The van der Waals surface area contributed by atoms with Crippen LogP contribution in [0, 0.1) is 0 Å². The minimum atomic E-state index is -1.07. The van der Waals surface area contributed by atoms with Gasteiger partial charge in [-0.25, -0.2) is 4.98 Å². The van der Waals surface area contributed by atoms with E-state index in [-0.39, 0.29) is 18.8 Å². The molecular formula is C15H14N2O3. The summed E-state index contributed by atoms with van der Waals surface area (Å²) < 4.78 is 0. The second-order valence-corrected chi connectivity index (χ2v) is 4.26. The largest absolute Gasteiger partial charge is 0.480 e. The summed E-state index contributed by atoms with van der Waals surface area (Å²) in [7, 11) is 0. The molecule has 0 radical (unpaired) electrons. The van der Waals surface area contributed by atoms with Crippen LogP contribution >= 0.6 is 0 Å². The van der Waals surface area contributed by atoms with Crippen LogP contribution in [-0.2, 0) is 4.79 Å². The molecule has 5 heteroatoms. The number of para-hydroxylation sites is 1. The maximum absolute atomic E-state index is 12.3. The number of hydrogen-bond acceptors (Lipinski definition) is 3. The Labute approximate surface area is 116 Å². The summed E-state index contributed by atoms with van der Waals surface area (Å²) in [4.78, 5) is 28.5. The minimum absolute atomic E-state index is 0.166. The maximum Gasteiger partial charge on any atom is 0.323 e. The number of carbonyl (C=O) groups is 2. The smallest absolute Gasteiger partial charge is 0.323 e. The molecule has 0 fully saturated rings. The average molecular weight is 270 g/mol. The van der Waals surface area contributed by atoms with Crippen molar-refractivity contribution in [3.05, 3.63) is 54.7 Å². The average Bonchev–Trinajstić information content (AvgIpc) is 2.45. The fourth-order valence-electron chi connectivity index (χ4n) is 1.89. The molecule has 1 heterocycles. The van der Waals surface area contributed by atoms with Gasteiger partial charge in [0.25, 0.3) is 5.91 Å². The zero-order valence-electron chi connectivity index (χ0n) is 10.8. The topological polar surface area (TPSA) is 70.5 Å². The number of carboxylic acids is 1. The van der Waals surface area contributed by atoms with Gasteiger partial charge >= 0.3 is 5.97 Å². The van der Waals surface area contributed by atoms with E-state index in [4.69, 9.17) is 5.11 Å². The van der Waals surface area contributed by atoms with Gasteiger partial charge in [-0.2, -0.15) is 0 Å². The number of carbonyl (C=O) groups excluding carboxylic acids is 1. The first-order chi connectivity index (χ1) is 9.61. The van der Waals surface area contributed by atoms with Crippen molar-refractivity contribution >= 4 is 22.8 Å². The summed E-state index contributed by atoms with van der Waals surface area (Å²) in [6.45, 7) is 3.32. The Morgan fingerprint density at radius 2 is 2.00 bits per heavy atom. The van der Waals surface area contributed by atoms with Crippen LogP contribution in [0.1, 0.15) is 10.5 Å². The Bertz CT molecular complexity index is 667. The van der Waals surface area contributed by atoms with Gasteiger partial charge in [0.2, 0.25) is 0 Å². The first-order valence-corrected chi connectivity index (χ1v) is 6.09. The molecule has 1 N–H and O–H groups in total. The molecule has 0 aliphatic heterocycles. The number of pyridine rings is 1. The lowest BCUT2D eigenvalue weighted by molar-refractivity contribution is -0.137. The molecular weight excluding hydrogens is 256 g/mol. The molecule has 0 aliphatic rings. The monoisotopic (exact) mass is 270 g/mol. The highest BCUT2D eigenvalue weighted by molar-refractivity contribution is 5.96. The van der Waals surface area contributed by atoms with E-state index in [1.54, 1.807) is 18.2 Å². The van der Waals surface area contributed by atoms with Crippen molar-refractivity contribution in [3.63, 3.8) is 0 Å². The highest BCUT2D eigenvalue weighted by atomic mass is 16.4. The third-order valence-electron chi connectivity index (χ3n) is 2.78. The number of aliphatic carboxylic acids is 1. The second kappa shape index (κ2) is 5.97. The summed E-state index contributed by atoms with van der Waals surface area (Å²) in [5, 5.41) is 9.76. The fourth-order valence-corrected chi connectivity index (χ4v) is 1.89. The molecule has 0 aliphatic carbocycles. The molecule has 1 aromatic carbocycles. The number of aromatic nitrogens is 1. The SMILES string of the molecule is C=CCN(CC(=O)O)C(=O)c1ccc2ccccc2n1. The van der Waals surface area contributed by atoms with E-state index in [1.165, 1.54) is 11.0 Å². The Hall–Kier alpha value is -2.69. The van der Waals surface area contributed by atoms with Crippen LogP contribution in [-0.4, -0.2) is 40.0 Å². The van der Waals surface area contributed by atoms with Crippen molar-refractivity contribution < 1.29 is 14.7 Å². The van der Waals surface area contributed by atoms with Crippen LogP contribution in [0.25, 0.3) is 10.9 Å². The molecule has 102 valence electrons. The van der Waals surface area contributed by atoms with Crippen molar-refractivity contribution in [1.29, 1.82) is 0 Å². The highest BCUT2D eigenvalue weighted by Gasteiger charge is 2.18. The van der Waals surface area contributed by atoms with E-state index in [1.807, 2.05) is 18.2 Å². The van der Waals surface area contributed by atoms with Gasteiger partial charge in [-0.05, 0) is 12.1 Å². The van der Waals surface area contributed by atoms with Gasteiger partial charge in [0.15, 0.2) is 0 Å². The number of benzene rings is 1. The molecule has 20 heavy (non-hydrogen) atoms. The summed E-state index contributed by atoms with van der Waals surface area (Å²) in [5.41, 5.74) is 0.930. The lowest BCUT2D eigenvalue weighted by Gasteiger charge is -2.18. The zero-order valence-corrected chi connectivity index (χ0v) is 10.8. The normalized spacial score (nSPS) is 10.2. The van der Waals surface area contributed by atoms with E-state index in [0.29, 0.717) is 5.52 Å². The van der Waals surface area contributed by atoms with Crippen LogP contribution in [0.5, 0.6) is 0 Å². The molecule has 0 bridgehead atoms. The number of hydrogen-bond donors (Lipinski definition) is 1. The number of carboxylic acid groups (broad SMARTS) is 1. The molecule has 2 aromatic rings. The first-order valence-electron chi connectivity index (χ1n) is 6.09. The van der Waals surface area contributed by atoms with Crippen molar-refractivity contribution in [2.45, 2.75) is 0 Å². The van der Waals surface area contributed by atoms with Crippen LogP contribution in [0.3, 0.4) is 0 Å². The molecule has 1 aromatic heterocycles. The summed E-state index contributed by atoms with van der Waals surface area (Å²) in [6, 6.07) is 10.8. The first kappa shape index (κ1) is 13.7. The number of nitrogens with zero attached hydrogens (tertiary/aromatic N) is 2. The second-order valence-electron chi connectivity index (χ2n) is 4.26. The lowest BCUT2D eigenvalue weighted by atomic mass is 10.2. The van der Waals surface area contributed by atoms with E-state index < -0.39 is 11.9 Å². The summed E-state index contributed by atoms with van der Waals surface area (Å²) >= 11 is 0. The highest BCUT2D eigenvalue weighted by Crippen LogP contribution is 2.13. The van der Waals surface area contributed by atoms with Gasteiger partial charge in [-0.15, -0.1) is 6.58 Å². The molecule has 0 saturated heterocycles. The van der Waals surface area contributed by atoms with Gasteiger partial charge in [0.1, 0.15) is 12.2 Å². The third kappa shape index (κ3) is 3.00. The summed E-state index contributed by atoms with van der Waals surface area (Å²) in [6.07, 6.45) is 1.49. The fraction of sp³-hybridized carbons (Fsp3) is 0.133. The van der Waals surface area contributed by atoms with E-state index in [9.17, 15) is 9.59 Å². The minimum Gasteiger partial charge on any atom is -0.480 e. The molecule has 0 saturated carbocycles. The van der Waals surface area contributed by atoms with Crippen LogP contribution in [0.15, 0.2) is 49.1 Å². The number of rotatable bonds is 5. The standard InChI is InChI=1S/C15H14N2O3/c1-2-9-17(10-14(18)19)15(20)13-8-7-11-5-3-4-6-12(11)16-13/h2-8H,1,9-10H2,(H,18,19). The molecule has 5 nitrogen and oxygen atoms in total. The van der Waals surface area contributed by atoms with Gasteiger partial charge in [-0.3, -0.25) is 9.59 Å². The molecule has 2 rings (SSSR count). The molecule has 1 amide bonds. The van der Waals surface area contributed by atoms with Crippen LogP contribution in [0.4, 0.5) is 0 Å². The van der Waals surface area contributed by atoms with Crippen LogP contribution < -0.4 is 0 Å². The van der Waals surface area contributed by atoms with Gasteiger partial charge < -0.3 is 10.0 Å². The molecule has 0 spiro atoms. The Morgan fingerprint density at radius 3 is 2.70 bits per heavy atom. The quantitative estimate of drug-likeness (QED) is 0.843. The van der Waals surface area contributed by atoms with E-state index in [0.717, 1.165) is 5.39 Å². The van der Waals surface area contributed by atoms with Crippen molar-refractivity contribution in [3.8, 4) is 0 Å².